The molecular weight excluding hydrogens is 1100 g/mol. The molecule has 13 N–H and O–H groups in total. The highest BCUT2D eigenvalue weighted by atomic mass is 35.5. The van der Waals surface area contributed by atoms with E-state index in [1.54, 1.807) is 146 Å². The number of nitrogen functional groups attached to an aromatic ring is 4. The van der Waals surface area contributed by atoms with Crippen molar-refractivity contribution in [3.63, 3.8) is 0 Å². The minimum Gasteiger partial charge on any atom is -0.427 e. The third-order valence-corrected chi connectivity index (χ3v) is 11.1. The van der Waals surface area contributed by atoms with Crippen LogP contribution in [0.3, 0.4) is 0 Å². The molecule has 23 heteroatoms. The first-order valence-electron chi connectivity index (χ1n) is 23.8. The molecular formula is C58H53ClF6N10O5S. The normalized spacial score (nSPS) is 10.5. The van der Waals surface area contributed by atoms with Crippen molar-refractivity contribution >= 4 is 109 Å². The zero-order valence-electron chi connectivity index (χ0n) is 43.2. The Morgan fingerprint density at radius 2 is 0.741 bits per heavy atom. The lowest BCUT2D eigenvalue weighted by Crippen LogP contribution is -2.20. The van der Waals surface area contributed by atoms with Crippen molar-refractivity contribution in [2.45, 2.75) is 19.3 Å². The number of carbonyl (C=O) groups excluding carboxylic acids is 4. The summed E-state index contributed by atoms with van der Waals surface area (Å²) in [6.45, 7) is 1.32. The van der Waals surface area contributed by atoms with Crippen LogP contribution in [0.25, 0.3) is 0 Å². The number of nitrogens with two attached hydrogens (primary N) is 4. The summed E-state index contributed by atoms with van der Waals surface area (Å²) in [4.78, 5) is 48.6. The van der Waals surface area contributed by atoms with Gasteiger partial charge in [-0.15, -0.1) is 0 Å². The van der Waals surface area contributed by atoms with Crippen LogP contribution < -0.4 is 59.2 Å². The largest absolute Gasteiger partial charge is 0.427 e. The molecule has 0 fully saturated rings. The van der Waals surface area contributed by atoms with Crippen LogP contribution in [0.1, 0.15) is 49.1 Å². The highest BCUT2D eigenvalue weighted by molar-refractivity contribution is 7.80. The third kappa shape index (κ3) is 21.2. The Balaban J connectivity index is 0.000000200. The van der Waals surface area contributed by atoms with E-state index in [9.17, 15) is 45.5 Å². The number of rotatable bonds is 10. The van der Waals surface area contributed by atoms with Crippen LogP contribution in [-0.2, 0) is 17.1 Å². The minimum absolute atomic E-state index is 0.0433. The lowest BCUT2D eigenvalue weighted by molar-refractivity contribution is -0.143. The summed E-state index contributed by atoms with van der Waals surface area (Å²) in [5.41, 5.74) is 26.7. The van der Waals surface area contributed by atoms with Crippen molar-refractivity contribution in [1.82, 2.24) is 0 Å². The molecule has 0 spiro atoms. The molecule has 8 aromatic carbocycles. The van der Waals surface area contributed by atoms with Crippen molar-refractivity contribution in [3.05, 3.63) is 221 Å². The fourth-order valence-corrected chi connectivity index (χ4v) is 6.91. The molecule has 0 unspecified atom stereocenters. The number of benzene rings is 8. The van der Waals surface area contributed by atoms with Crippen LogP contribution in [0.4, 0.5) is 83.2 Å². The third-order valence-electron chi connectivity index (χ3n) is 10.7. The molecule has 0 heterocycles. The number of carbonyl (C=O) groups is 4. The number of alkyl halides is 6. The predicted molar refractivity (Wildman–Crippen MR) is 314 cm³/mol. The summed E-state index contributed by atoms with van der Waals surface area (Å²) in [7, 11) is 3.92. The number of esters is 1. The van der Waals surface area contributed by atoms with Gasteiger partial charge >= 0.3 is 18.3 Å². The highest BCUT2D eigenvalue weighted by Crippen LogP contribution is 2.37. The number of nitrogens with one attached hydrogen (secondary N) is 5. The molecule has 0 aliphatic heterocycles. The Labute approximate surface area is 472 Å². The SMILES string of the molecule is CC(=O)Oc1ccc(C(=O)Nc2ccc(N)cc2)cc1.CN(C)c1ccc(C(=O)Nc2ccc(N)cc2)cc1.Nc1ccc(NC(=O)c2ccc(Cl)cc2)cc1.Nc1ccc(NC(=S)Nc2cc(C(F)(F)F)cc(C(F)(F)F)c2)cc1. The molecule has 0 atom stereocenters. The number of thiocarbonyl (C=S) groups is 1. The monoisotopic (exact) mass is 1150 g/mol. The van der Waals surface area contributed by atoms with Crippen molar-refractivity contribution in [2.75, 3.05) is 68.5 Å². The van der Waals surface area contributed by atoms with E-state index in [2.05, 4.69) is 26.6 Å². The Kier molecular flexibility index (Phi) is 22.0. The highest BCUT2D eigenvalue weighted by Gasteiger charge is 2.37. The lowest BCUT2D eigenvalue weighted by Gasteiger charge is -2.16. The maximum Gasteiger partial charge on any atom is 0.416 e. The van der Waals surface area contributed by atoms with Crippen molar-refractivity contribution in [1.29, 1.82) is 0 Å². The number of hydrogen-bond acceptors (Lipinski definition) is 11. The maximum atomic E-state index is 12.8. The molecule has 8 rings (SSSR count). The van der Waals surface area contributed by atoms with Crippen LogP contribution in [0.2, 0.25) is 5.02 Å². The van der Waals surface area contributed by atoms with Crippen LogP contribution in [0, 0.1) is 0 Å². The van der Waals surface area contributed by atoms with E-state index in [4.69, 9.17) is 51.5 Å². The average molecular weight is 1150 g/mol. The zero-order chi connectivity index (χ0) is 59.4. The van der Waals surface area contributed by atoms with E-state index in [0.29, 0.717) is 79.4 Å². The second kappa shape index (κ2) is 28.7. The first kappa shape index (κ1) is 62.0. The van der Waals surface area contributed by atoms with Gasteiger partial charge in [-0.3, -0.25) is 19.2 Å². The standard InChI is InChI=1S/C15H11F6N3S.C15H17N3O.C15H14N2O3.C13H11ClN2O/c16-14(17,18)8-5-9(15(19,20)21)7-12(6-8)24-13(25)23-11-3-1-10(22)2-4-11;1-18(2)14-9-3-11(4-10-14)15(19)17-13-7-5-12(16)6-8-13;1-10(18)20-14-8-2-11(3-9-14)15(19)17-13-6-4-12(16)5-7-13;14-10-3-1-9(2-4-10)13(17)16-12-7-5-11(15)6-8-12/h1-7H,22H2,(H2,23,24,25);3-10H,16H2,1-2H3,(H,17,19);2-9H,16H2,1H3,(H,17,19);1-8H,15H2,(H,16,17). The molecule has 15 nitrogen and oxygen atoms in total. The molecule has 0 saturated heterocycles. The molecule has 81 heavy (non-hydrogen) atoms. The molecule has 0 aliphatic carbocycles. The number of hydrogen-bond donors (Lipinski definition) is 9. The van der Waals surface area contributed by atoms with Crippen LogP contribution >= 0.6 is 23.8 Å². The predicted octanol–water partition coefficient (Wildman–Crippen LogP) is 13.3. The molecule has 8 aromatic rings. The first-order chi connectivity index (χ1) is 38.2. The van der Waals surface area contributed by atoms with Gasteiger partial charge in [0.1, 0.15) is 5.75 Å². The molecule has 3 amide bonds. The van der Waals surface area contributed by atoms with Gasteiger partial charge < -0.3 is 59.2 Å². The summed E-state index contributed by atoms with van der Waals surface area (Å²) < 4.78 is 81.7. The average Bonchev–Trinajstić information content (AvgIpc) is 3.42. The quantitative estimate of drug-likeness (QED) is 0.0204. The van der Waals surface area contributed by atoms with E-state index < -0.39 is 35.1 Å². The molecule has 0 radical (unpaired) electrons. The van der Waals surface area contributed by atoms with Gasteiger partial charge in [-0.1, -0.05) is 11.6 Å². The lowest BCUT2D eigenvalue weighted by atomic mass is 10.1. The summed E-state index contributed by atoms with van der Waals surface area (Å²) >= 11 is 10.7. The van der Waals surface area contributed by atoms with Gasteiger partial charge in [0.25, 0.3) is 17.7 Å². The van der Waals surface area contributed by atoms with Crippen molar-refractivity contribution in [3.8, 4) is 5.75 Å². The Morgan fingerprint density at radius 3 is 1.05 bits per heavy atom. The zero-order valence-corrected chi connectivity index (χ0v) is 44.8. The Bertz CT molecular complexity index is 3360. The second-order valence-electron chi connectivity index (χ2n) is 17.3. The van der Waals surface area contributed by atoms with Gasteiger partial charge in [-0.25, -0.2) is 0 Å². The van der Waals surface area contributed by atoms with E-state index in [-0.39, 0.29) is 28.9 Å². The van der Waals surface area contributed by atoms with E-state index in [1.807, 2.05) is 43.3 Å². The number of amides is 3. The van der Waals surface area contributed by atoms with E-state index in [1.165, 1.54) is 6.92 Å². The Morgan fingerprint density at radius 1 is 0.444 bits per heavy atom. The van der Waals surface area contributed by atoms with Gasteiger partial charge in [-0.05, 0) is 200 Å². The minimum atomic E-state index is -4.93. The van der Waals surface area contributed by atoms with Crippen molar-refractivity contribution < 1.29 is 50.3 Å². The van der Waals surface area contributed by atoms with Gasteiger partial charge in [0.15, 0.2) is 5.11 Å². The van der Waals surface area contributed by atoms with Gasteiger partial charge in [0.05, 0.1) is 11.1 Å². The fraction of sp³-hybridized carbons (Fsp3) is 0.0862. The summed E-state index contributed by atoms with van der Waals surface area (Å²) in [6, 6.07) is 48.7. The molecule has 0 saturated carbocycles. The van der Waals surface area contributed by atoms with Gasteiger partial charge in [0.2, 0.25) is 0 Å². The summed E-state index contributed by atoms with van der Waals surface area (Å²) in [5, 5.41) is 13.7. The topological polar surface area (TPSA) is 245 Å². The number of ether oxygens (including phenoxy) is 1. The van der Waals surface area contributed by atoms with E-state index in [0.717, 1.165) is 11.4 Å². The number of anilines is 10. The molecule has 0 aliphatic rings. The fourth-order valence-electron chi connectivity index (χ4n) is 6.55. The van der Waals surface area contributed by atoms with Gasteiger partial charge in [-0.2, -0.15) is 26.3 Å². The molecule has 0 aromatic heterocycles. The van der Waals surface area contributed by atoms with Crippen LogP contribution in [0.5, 0.6) is 5.75 Å². The van der Waals surface area contributed by atoms with Crippen molar-refractivity contribution in [2.24, 2.45) is 0 Å². The van der Waals surface area contributed by atoms with Crippen LogP contribution in [-0.4, -0.2) is 42.9 Å². The second-order valence-corrected chi connectivity index (χ2v) is 18.1. The van der Waals surface area contributed by atoms with Gasteiger partial charge in [0, 0.05) is 99.6 Å². The Hall–Kier alpha value is -9.80. The van der Waals surface area contributed by atoms with Crippen LogP contribution in [0.15, 0.2) is 188 Å². The summed E-state index contributed by atoms with van der Waals surface area (Å²) in [5.74, 6) is -0.545. The maximum absolute atomic E-state index is 12.8. The molecule has 0 bridgehead atoms. The smallest absolute Gasteiger partial charge is 0.416 e. The molecule has 420 valence electrons. The summed E-state index contributed by atoms with van der Waals surface area (Å²) in [6.07, 6.45) is -9.85. The first-order valence-corrected chi connectivity index (χ1v) is 24.5. The van der Waals surface area contributed by atoms with E-state index >= 15 is 0 Å². The number of halogens is 7. The number of nitrogens with zero attached hydrogens (tertiary/aromatic N) is 1.